The molecular weight excluding hydrogens is 316 g/mol. The molecular formula is C16H20N2O2S2. The number of aliphatic hydroxyl groups is 1. The molecule has 0 unspecified atom stereocenters. The monoisotopic (exact) mass is 336 g/mol. The molecule has 22 heavy (non-hydrogen) atoms. The van der Waals surface area contributed by atoms with Gasteiger partial charge in [-0.15, -0.1) is 22.7 Å². The summed E-state index contributed by atoms with van der Waals surface area (Å²) >= 11 is 3.06. The molecule has 1 aliphatic rings. The van der Waals surface area contributed by atoms with Crippen LogP contribution in [0.25, 0.3) is 9.88 Å². The highest BCUT2D eigenvalue weighted by atomic mass is 32.1. The van der Waals surface area contributed by atoms with Crippen LogP contribution in [0, 0.1) is 6.92 Å². The van der Waals surface area contributed by atoms with Gasteiger partial charge < -0.3 is 10.0 Å². The van der Waals surface area contributed by atoms with Crippen LogP contribution < -0.4 is 0 Å². The Labute approximate surface area is 138 Å². The van der Waals surface area contributed by atoms with Gasteiger partial charge in [0.25, 0.3) is 5.91 Å². The maximum atomic E-state index is 12.7. The van der Waals surface area contributed by atoms with Crippen molar-refractivity contribution in [1.29, 1.82) is 0 Å². The molecule has 2 aromatic heterocycles. The van der Waals surface area contributed by atoms with Gasteiger partial charge in [-0.1, -0.05) is 18.9 Å². The minimum atomic E-state index is -0.709. The van der Waals surface area contributed by atoms with Crippen LogP contribution >= 0.6 is 22.7 Å². The number of hydrogen-bond acceptors (Lipinski definition) is 5. The maximum absolute atomic E-state index is 12.7. The second kappa shape index (κ2) is 6.10. The van der Waals surface area contributed by atoms with E-state index in [9.17, 15) is 9.90 Å². The van der Waals surface area contributed by atoms with Crippen molar-refractivity contribution in [2.75, 3.05) is 13.6 Å². The first-order chi connectivity index (χ1) is 10.5. The number of aromatic nitrogens is 1. The third-order valence-electron chi connectivity index (χ3n) is 4.14. The second-order valence-electron chi connectivity index (χ2n) is 6.00. The highest BCUT2D eigenvalue weighted by Crippen LogP contribution is 2.33. The molecule has 1 amide bonds. The van der Waals surface area contributed by atoms with E-state index in [0.29, 0.717) is 11.4 Å². The number of carbonyl (C=O) groups excluding carboxylic acids is 1. The lowest BCUT2D eigenvalue weighted by atomic mass is 10.0. The molecule has 0 radical (unpaired) electrons. The molecule has 1 N–H and O–H groups in total. The Kier molecular flexibility index (Phi) is 4.34. The van der Waals surface area contributed by atoms with Gasteiger partial charge >= 0.3 is 0 Å². The van der Waals surface area contributed by atoms with Crippen LogP contribution in [-0.4, -0.2) is 40.1 Å². The minimum absolute atomic E-state index is 0.0434. The van der Waals surface area contributed by atoms with E-state index in [4.69, 9.17) is 0 Å². The van der Waals surface area contributed by atoms with Crippen molar-refractivity contribution in [3.8, 4) is 9.88 Å². The predicted molar refractivity (Wildman–Crippen MR) is 90.5 cm³/mol. The molecule has 0 aliphatic heterocycles. The van der Waals surface area contributed by atoms with E-state index in [1.54, 1.807) is 23.3 Å². The van der Waals surface area contributed by atoms with E-state index in [0.717, 1.165) is 41.3 Å². The largest absolute Gasteiger partial charge is 0.388 e. The zero-order chi connectivity index (χ0) is 15.7. The molecule has 4 nitrogen and oxygen atoms in total. The van der Waals surface area contributed by atoms with Crippen molar-refractivity contribution in [3.63, 3.8) is 0 Å². The Bertz CT molecular complexity index is 658. The number of likely N-dealkylation sites (N-methyl/N-ethyl adjacent to an activating group) is 1. The van der Waals surface area contributed by atoms with Gasteiger partial charge in [-0.25, -0.2) is 4.98 Å². The van der Waals surface area contributed by atoms with E-state index >= 15 is 0 Å². The van der Waals surface area contributed by atoms with Crippen LogP contribution in [-0.2, 0) is 0 Å². The summed E-state index contributed by atoms with van der Waals surface area (Å²) in [6.07, 6.45) is 3.65. The van der Waals surface area contributed by atoms with Crippen molar-refractivity contribution >= 4 is 28.6 Å². The fourth-order valence-electron chi connectivity index (χ4n) is 2.98. The molecule has 1 aliphatic carbocycles. The first-order valence-electron chi connectivity index (χ1n) is 7.48. The first-order valence-corrected chi connectivity index (χ1v) is 9.17. The van der Waals surface area contributed by atoms with Gasteiger partial charge in [0.2, 0.25) is 0 Å². The van der Waals surface area contributed by atoms with Crippen LogP contribution in [0.1, 0.15) is 41.0 Å². The van der Waals surface area contributed by atoms with Gasteiger partial charge in [-0.05, 0) is 31.2 Å². The SMILES string of the molecule is Cc1nc(-c2cccs2)sc1C(=O)N(C)CC1(O)CCCC1. The molecule has 0 bridgehead atoms. The predicted octanol–water partition coefficient (Wildman–Crippen LogP) is 3.56. The Morgan fingerprint density at radius 1 is 1.45 bits per heavy atom. The zero-order valence-electron chi connectivity index (χ0n) is 12.8. The normalized spacial score (nSPS) is 16.9. The minimum Gasteiger partial charge on any atom is -0.388 e. The maximum Gasteiger partial charge on any atom is 0.265 e. The van der Waals surface area contributed by atoms with Crippen molar-refractivity contribution in [3.05, 3.63) is 28.1 Å². The highest BCUT2D eigenvalue weighted by molar-refractivity contribution is 7.22. The molecule has 2 heterocycles. The summed E-state index contributed by atoms with van der Waals surface area (Å²) in [5.41, 5.74) is 0.0585. The quantitative estimate of drug-likeness (QED) is 0.929. The summed E-state index contributed by atoms with van der Waals surface area (Å²) < 4.78 is 0. The highest BCUT2D eigenvalue weighted by Gasteiger charge is 2.34. The summed E-state index contributed by atoms with van der Waals surface area (Å²) in [6.45, 7) is 2.27. The number of nitrogens with zero attached hydrogens (tertiary/aromatic N) is 2. The topological polar surface area (TPSA) is 53.4 Å². The van der Waals surface area contributed by atoms with E-state index in [1.807, 2.05) is 24.4 Å². The fourth-order valence-corrected chi connectivity index (χ4v) is 4.84. The Balaban J connectivity index is 1.77. The zero-order valence-corrected chi connectivity index (χ0v) is 14.5. The molecule has 0 saturated heterocycles. The lowest BCUT2D eigenvalue weighted by Gasteiger charge is -2.28. The Hall–Kier alpha value is -1.24. The Morgan fingerprint density at radius 2 is 2.18 bits per heavy atom. The van der Waals surface area contributed by atoms with Crippen molar-refractivity contribution in [1.82, 2.24) is 9.88 Å². The van der Waals surface area contributed by atoms with E-state index < -0.39 is 5.60 Å². The molecule has 0 aromatic carbocycles. The van der Waals surface area contributed by atoms with E-state index in [-0.39, 0.29) is 5.91 Å². The molecule has 118 valence electrons. The number of rotatable bonds is 4. The lowest BCUT2D eigenvalue weighted by Crippen LogP contribution is -2.42. The number of thiophene rings is 1. The number of aryl methyl sites for hydroxylation is 1. The third-order valence-corrected chi connectivity index (χ3v) is 6.32. The molecule has 3 rings (SSSR count). The van der Waals surface area contributed by atoms with Gasteiger partial charge in [-0.3, -0.25) is 4.79 Å². The summed E-state index contributed by atoms with van der Waals surface area (Å²) in [5.74, 6) is -0.0434. The van der Waals surface area contributed by atoms with Gasteiger partial charge in [0, 0.05) is 13.6 Å². The number of carbonyl (C=O) groups is 1. The molecule has 1 saturated carbocycles. The van der Waals surface area contributed by atoms with Crippen molar-refractivity contribution in [2.45, 2.75) is 38.2 Å². The summed E-state index contributed by atoms with van der Waals surface area (Å²) in [6, 6.07) is 4.00. The van der Waals surface area contributed by atoms with Crippen LogP contribution in [0.3, 0.4) is 0 Å². The molecule has 6 heteroatoms. The first kappa shape index (κ1) is 15.6. The second-order valence-corrected chi connectivity index (χ2v) is 7.95. The molecule has 0 atom stereocenters. The van der Waals surface area contributed by atoms with Gasteiger partial charge in [0.1, 0.15) is 9.88 Å². The lowest BCUT2D eigenvalue weighted by molar-refractivity contribution is 0.0158. The van der Waals surface area contributed by atoms with E-state index in [2.05, 4.69) is 4.98 Å². The van der Waals surface area contributed by atoms with Crippen LogP contribution in [0.2, 0.25) is 0 Å². The fraction of sp³-hybridized carbons (Fsp3) is 0.500. The summed E-state index contributed by atoms with van der Waals surface area (Å²) in [5, 5.41) is 13.4. The van der Waals surface area contributed by atoms with Gasteiger partial charge in [-0.2, -0.15) is 0 Å². The smallest absolute Gasteiger partial charge is 0.265 e. The molecule has 2 aromatic rings. The van der Waals surface area contributed by atoms with Gasteiger partial charge in [0.05, 0.1) is 16.2 Å². The molecule has 1 fully saturated rings. The summed E-state index contributed by atoms with van der Waals surface area (Å²) in [7, 11) is 1.77. The van der Waals surface area contributed by atoms with Gasteiger partial charge in [0.15, 0.2) is 0 Å². The van der Waals surface area contributed by atoms with Crippen molar-refractivity contribution in [2.24, 2.45) is 0 Å². The van der Waals surface area contributed by atoms with Crippen molar-refractivity contribution < 1.29 is 9.90 Å². The van der Waals surface area contributed by atoms with E-state index in [1.165, 1.54) is 11.3 Å². The standard InChI is InChI=1S/C16H20N2O2S2/c1-11-13(22-14(17-11)12-6-5-9-21-12)15(19)18(2)10-16(20)7-3-4-8-16/h5-6,9,20H,3-4,7-8,10H2,1-2H3. The number of hydrogen-bond donors (Lipinski definition) is 1. The third kappa shape index (κ3) is 3.09. The van der Waals surface area contributed by atoms with Crippen LogP contribution in [0.15, 0.2) is 17.5 Å². The number of amides is 1. The Morgan fingerprint density at radius 3 is 2.82 bits per heavy atom. The summed E-state index contributed by atoms with van der Waals surface area (Å²) in [4.78, 5) is 20.6. The van der Waals surface area contributed by atoms with Crippen LogP contribution in [0.5, 0.6) is 0 Å². The molecule has 0 spiro atoms. The average molecular weight is 336 g/mol. The average Bonchev–Trinajstić information content (AvgIpc) is 3.18. The van der Waals surface area contributed by atoms with Crippen LogP contribution in [0.4, 0.5) is 0 Å². The number of thiazole rings is 1.